The lowest BCUT2D eigenvalue weighted by Crippen LogP contribution is -1.94. The SMILES string of the molecule is CCCc1nc(CCOC)sc1CBr. The molecule has 0 saturated heterocycles. The average Bonchev–Trinajstić information content (AvgIpc) is 2.58. The maximum Gasteiger partial charge on any atom is 0.0954 e. The van der Waals surface area contributed by atoms with Gasteiger partial charge in [-0.2, -0.15) is 0 Å². The first-order valence-electron chi connectivity index (χ1n) is 4.84. The summed E-state index contributed by atoms with van der Waals surface area (Å²) in [5.41, 5.74) is 1.26. The monoisotopic (exact) mass is 277 g/mol. The topological polar surface area (TPSA) is 22.1 Å². The van der Waals surface area contributed by atoms with Crippen LogP contribution in [0.5, 0.6) is 0 Å². The minimum atomic E-state index is 0.765. The fraction of sp³-hybridized carbons (Fsp3) is 0.700. The van der Waals surface area contributed by atoms with E-state index in [1.54, 1.807) is 18.4 Å². The summed E-state index contributed by atoms with van der Waals surface area (Å²) in [4.78, 5) is 5.99. The van der Waals surface area contributed by atoms with Gasteiger partial charge in [-0.05, 0) is 6.42 Å². The van der Waals surface area contributed by atoms with Crippen molar-refractivity contribution in [3.8, 4) is 0 Å². The third kappa shape index (κ3) is 3.33. The molecule has 0 amide bonds. The maximum absolute atomic E-state index is 5.04. The Hall–Kier alpha value is 0.0700. The highest BCUT2D eigenvalue weighted by atomic mass is 79.9. The van der Waals surface area contributed by atoms with Crippen LogP contribution in [0.1, 0.15) is 28.9 Å². The third-order valence-corrected chi connectivity index (χ3v) is 4.04. The van der Waals surface area contributed by atoms with E-state index >= 15 is 0 Å². The number of thiazole rings is 1. The van der Waals surface area contributed by atoms with Gasteiger partial charge in [0.1, 0.15) is 0 Å². The Labute approximate surface area is 97.8 Å². The molecule has 0 unspecified atom stereocenters. The number of methoxy groups -OCH3 is 1. The largest absolute Gasteiger partial charge is 0.384 e. The summed E-state index contributed by atoms with van der Waals surface area (Å²) in [5.74, 6) is 0. The van der Waals surface area contributed by atoms with Crippen molar-refractivity contribution in [2.24, 2.45) is 0 Å². The summed E-state index contributed by atoms with van der Waals surface area (Å²) < 4.78 is 5.04. The molecule has 0 spiro atoms. The van der Waals surface area contributed by atoms with E-state index in [0.717, 1.165) is 31.2 Å². The molecule has 0 saturated carbocycles. The number of nitrogens with zero attached hydrogens (tertiary/aromatic N) is 1. The quantitative estimate of drug-likeness (QED) is 0.746. The van der Waals surface area contributed by atoms with E-state index in [0.29, 0.717) is 0 Å². The molecular weight excluding hydrogens is 262 g/mol. The third-order valence-electron chi connectivity index (χ3n) is 1.95. The lowest BCUT2D eigenvalue weighted by atomic mass is 10.2. The predicted molar refractivity (Wildman–Crippen MR) is 64.3 cm³/mol. The molecule has 0 N–H and O–H groups in total. The highest BCUT2D eigenvalue weighted by Gasteiger charge is 2.08. The summed E-state index contributed by atoms with van der Waals surface area (Å²) in [5, 5.41) is 2.12. The molecule has 2 nitrogen and oxygen atoms in total. The molecule has 0 aromatic carbocycles. The van der Waals surface area contributed by atoms with Gasteiger partial charge in [-0.3, -0.25) is 0 Å². The number of ether oxygens (including phenoxy) is 1. The molecule has 0 bridgehead atoms. The fourth-order valence-electron chi connectivity index (χ4n) is 1.27. The Bertz CT molecular complexity index is 275. The zero-order valence-corrected chi connectivity index (χ0v) is 11.1. The Morgan fingerprint density at radius 2 is 2.21 bits per heavy atom. The van der Waals surface area contributed by atoms with Gasteiger partial charge in [0.05, 0.1) is 17.3 Å². The molecule has 0 aliphatic rings. The first-order valence-corrected chi connectivity index (χ1v) is 6.78. The lowest BCUT2D eigenvalue weighted by Gasteiger charge is -1.94. The molecule has 0 atom stereocenters. The molecule has 1 rings (SSSR count). The van der Waals surface area contributed by atoms with E-state index in [9.17, 15) is 0 Å². The van der Waals surface area contributed by atoms with E-state index in [1.807, 2.05) is 0 Å². The van der Waals surface area contributed by atoms with E-state index in [1.165, 1.54) is 15.6 Å². The first kappa shape index (κ1) is 12.1. The Morgan fingerprint density at radius 1 is 1.43 bits per heavy atom. The average molecular weight is 278 g/mol. The number of alkyl halides is 1. The summed E-state index contributed by atoms with van der Waals surface area (Å²) in [6, 6.07) is 0. The molecule has 80 valence electrons. The van der Waals surface area contributed by atoms with Crippen LogP contribution in [0.15, 0.2) is 0 Å². The number of aromatic nitrogens is 1. The Kier molecular flexibility index (Phi) is 5.67. The minimum Gasteiger partial charge on any atom is -0.384 e. The lowest BCUT2D eigenvalue weighted by molar-refractivity contribution is 0.202. The highest BCUT2D eigenvalue weighted by Crippen LogP contribution is 2.22. The molecule has 14 heavy (non-hydrogen) atoms. The maximum atomic E-state index is 5.04. The second-order valence-corrected chi connectivity index (χ2v) is 4.83. The van der Waals surface area contributed by atoms with E-state index in [-0.39, 0.29) is 0 Å². The van der Waals surface area contributed by atoms with Gasteiger partial charge in [0.25, 0.3) is 0 Å². The van der Waals surface area contributed by atoms with E-state index < -0.39 is 0 Å². The van der Waals surface area contributed by atoms with Crippen LogP contribution in [0.2, 0.25) is 0 Å². The van der Waals surface area contributed by atoms with Crippen molar-refractivity contribution >= 4 is 27.3 Å². The standard InChI is InChI=1S/C10H16BrNOS/c1-3-4-8-9(7-11)14-10(12-8)5-6-13-2/h3-7H2,1-2H3. The van der Waals surface area contributed by atoms with Gasteiger partial charge in [0, 0.05) is 23.7 Å². The number of halogens is 1. The molecule has 0 radical (unpaired) electrons. The summed E-state index contributed by atoms with van der Waals surface area (Å²) in [7, 11) is 1.73. The number of rotatable bonds is 6. The van der Waals surface area contributed by atoms with Gasteiger partial charge in [-0.25, -0.2) is 4.98 Å². The normalized spacial score (nSPS) is 10.8. The van der Waals surface area contributed by atoms with Gasteiger partial charge in [-0.15, -0.1) is 11.3 Å². The molecule has 4 heteroatoms. The van der Waals surface area contributed by atoms with Crippen LogP contribution in [-0.2, 0) is 22.9 Å². The number of hydrogen-bond acceptors (Lipinski definition) is 3. The van der Waals surface area contributed by atoms with Crippen molar-refractivity contribution in [1.82, 2.24) is 4.98 Å². The Balaban J connectivity index is 2.67. The predicted octanol–water partition coefficient (Wildman–Crippen LogP) is 3.18. The highest BCUT2D eigenvalue weighted by molar-refractivity contribution is 9.08. The van der Waals surface area contributed by atoms with Crippen molar-refractivity contribution < 1.29 is 4.74 Å². The van der Waals surface area contributed by atoms with Gasteiger partial charge < -0.3 is 4.74 Å². The number of aryl methyl sites for hydroxylation is 1. The van der Waals surface area contributed by atoms with Crippen molar-refractivity contribution in [3.63, 3.8) is 0 Å². The minimum absolute atomic E-state index is 0.765. The van der Waals surface area contributed by atoms with Crippen LogP contribution in [0.4, 0.5) is 0 Å². The van der Waals surface area contributed by atoms with Crippen LogP contribution >= 0.6 is 27.3 Å². The zero-order chi connectivity index (χ0) is 10.4. The second-order valence-electron chi connectivity index (χ2n) is 3.10. The first-order chi connectivity index (χ1) is 6.81. The van der Waals surface area contributed by atoms with Gasteiger partial charge >= 0.3 is 0 Å². The molecule has 1 aromatic heterocycles. The molecule has 0 fully saturated rings. The smallest absolute Gasteiger partial charge is 0.0954 e. The van der Waals surface area contributed by atoms with Crippen LogP contribution in [0.25, 0.3) is 0 Å². The van der Waals surface area contributed by atoms with E-state index in [4.69, 9.17) is 4.74 Å². The van der Waals surface area contributed by atoms with Crippen LogP contribution < -0.4 is 0 Å². The Morgan fingerprint density at radius 3 is 2.79 bits per heavy atom. The molecule has 1 aromatic rings. The van der Waals surface area contributed by atoms with E-state index in [2.05, 4.69) is 27.8 Å². The molecule has 1 heterocycles. The van der Waals surface area contributed by atoms with Crippen molar-refractivity contribution in [2.75, 3.05) is 13.7 Å². The molecule has 0 aliphatic heterocycles. The van der Waals surface area contributed by atoms with Crippen molar-refractivity contribution in [1.29, 1.82) is 0 Å². The summed E-state index contributed by atoms with van der Waals surface area (Å²) in [6.45, 7) is 2.95. The molecular formula is C10H16BrNOS. The van der Waals surface area contributed by atoms with Crippen molar-refractivity contribution in [3.05, 3.63) is 15.6 Å². The summed E-state index contributed by atoms with van der Waals surface area (Å²) in [6.07, 6.45) is 3.18. The number of hydrogen-bond donors (Lipinski definition) is 0. The van der Waals surface area contributed by atoms with Crippen LogP contribution in [0.3, 0.4) is 0 Å². The van der Waals surface area contributed by atoms with Crippen LogP contribution in [-0.4, -0.2) is 18.7 Å². The van der Waals surface area contributed by atoms with Gasteiger partial charge in [0.2, 0.25) is 0 Å². The van der Waals surface area contributed by atoms with Crippen molar-refractivity contribution in [2.45, 2.75) is 31.5 Å². The van der Waals surface area contributed by atoms with Gasteiger partial charge in [0.15, 0.2) is 0 Å². The molecule has 0 aliphatic carbocycles. The fourth-order valence-corrected chi connectivity index (χ4v) is 2.88. The van der Waals surface area contributed by atoms with Crippen LogP contribution in [0, 0.1) is 0 Å². The van der Waals surface area contributed by atoms with Gasteiger partial charge in [-0.1, -0.05) is 29.3 Å². The second kappa shape index (κ2) is 6.53. The zero-order valence-electron chi connectivity index (χ0n) is 8.68. The summed E-state index contributed by atoms with van der Waals surface area (Å²) >= 11 is 5.30.